The van der Waals surface area contributed by atoms with Gasteiger partial charge in [0, 0.05) is 19.6 Å². The summed E-state index contributed by atoms with van der Waals surface area (Å²) in [6, 6.07) is 0. The van der Waals surface area contributed by atoms with E-state index in [0.717, 1.165) is 52.0 Å². The standard InChI is InChI=1S/C13H25N3O/c1-3-15(4-2)9-11-5-8-16(10-11)12(17)13(14)6-7-13/h11H,3-10,14H2,1-2H3. The molecule has 1 heterocycles. The van der Waals surface area contributed by atoms with Gasteiger partial charge in [0.05, 0.1) is 5.54 Å². The molecule has 1 unspecified atom stereocenters. The van der Waals surface area contributed by atoms with Gasteiger partial charge in [-0.2, -0.15) is 0 Å². The summed E-state index contributed by atoms with van der Waals surface area (Å²) in [4.78, 5) is 16.5. The molecule has 2 fully saturated rings. The topological polar surface area (TPSA) is 49.6 Å². The number of hydrogen-bond acceptors (Lipinski definition) is 3. The van der Waals surface area contributed by atoms with Crippen LogP contribution in [0.5, 0.6) is 0 Å². The molecular weight excluding hydrogens is 214 g/mol. The monoisotopic (exact) mass is 239 g/mol. The molecule has 1 amide bonds. The number of nitrogens with zero attached hydrogens (tertiary/aromatic N) is 2. The van der Waals surface area contributed by atoms with E-state index in [1.807, 2.05) is 4.90 Å². The predicted molar refractivity (Wildman–Crippen MR) is 68.6 cm³/mol. The second kappa shape index (κ2) is 4.94. The van der Waals surface area contributed by atoms with Gasteiger partial charge in [0.1, 0.15) is 0 Å². The lowest BCUT2D eigenvalue weighted by Crippen LogP contribution is -2.45. The Bertz CT molecular complexity index is 284. The zero-order chi connectivity index (χ0) is 12.5. The molecule has 0 radical (unpaired) electrons. The molecule has 17 heavy (non-hydrogen) atoms. The van der Waals surface area contributed by atoms with Crippen LogP contribution in [-0.4, -0.2) is 54.0 Å². The third kappa shape index (κ3) is 2.80. The molecule has 2 rings (SSSR count). The van der Waals surface area contributed by atoms with E-state index in [9.17, 15) is 4.79 Å². The van der Waals surface area contributed by atoms with E-state index in [1.165, 1.54) is 0 Å². The molecule has 98 valence electrons. The maximum Gasteiger partial charge on any atom is 0.242 e. The number of nitrogens with two attached hydrogens (primary N) is 1. The van der Waals surface area contributed by atoms with Crippen LogP contribution in [0.2, 0.25) is 0 Å². The Morgan fingerprint density at radius 3 is 2.59 bits per heavy atom. The smallest absolute Gasteiger partial charge is 0.242 e. The van der Waals surface area contributed by atoms with Gasteiger partial charge in [0.15, 0.2) is 0 Å². The van der Waals surface area contributed by atoms with Crippen molar-refractivity contribution in [1.82, 2.24) is 9.80 Å². The fraction of sp³-hybridized carbons (Fsp3) is 0.923. The highest BCUT2D eigenvalue weighted by atomic mass is 16.2. The second-order valence-corrected chi connectivity index (χ2v) is 5.55. The van der Waals surface area contributed by atoms with Crippen molar-refractivity contribution >= 4 is 5.91 Å². The molecule has 1 aliphatic heterocycles. The number of likely N-dealkylation sites (tertiary alicyclic amines) is 1. The molecule has 1 saturated heterocycles. The minimum Gasteiger partial charge on any atom is -0.341 e. The Labute approximate surface area is 104 Å². The first-order chi connectivity index (χ1) is 8.09. The zero-order valence-corrected chi connectivity index (χ0v) is 11.1. The largest absolute Gasteiger partial charge is 0.341 e. The Hall–Kier alpha value is -0.610. The first kappa shape index (κ1) is 12.8. The van der Waals surface area contributed by atoms with Gasteiger partial charge in [-0.05, 0) is 38.3 Å². The van der Waals surface area contributed by atoms with Crippen LogP contribution >= 0.6 is 0 Å². The van der Waals surface area contributed by atoms with Crippen molar-refractivity contribution in [3.05, 3.63) is 0 Å². The first-order valence-corrected chi connectivity index (χ1v) is 6.89. The molecule has 0 bridgehead atoms. The molecule has 0 spiro atoms. The highest BCUT2D eigenvalue weighted by Gasteiger charge is 2.49. The van der Waals surface area contributed by atoms with Gasteiger partial charge >= 0.3 is 0 Å². The SMILES string of the molecule is CCN(CC)CC1CCN(C(=O)C2(N)CC2)C1. The molecule has 2 aliphatic rings. The molecule has 4 heteroatoms. The van der Waals surface area contributed by atoms with Gasteiger partial charge in [0.25, 0.3) is 0 Å². The molecule has 4 nitrogen and oxygen atoms in total. The van der Waals surface area contributed by atoms with E-state index in [-0.39, 0.29) is 5.91 Å². The molecule has 0 aromatic heterocycles. The second-order valence-electron chi connectivity index (χ2n) is 5.55. The van der Waals surface area contributed by atoms with E-state index in [0.29, 0.717) is 5.92 Å². The zero-order valence-electron chi connectivity index (χ0n) is 11.1. The molecule has 1 saturated carbocycles. The van der Waals surface area contributed by atoms with Crippen molar-refractivity contribution < 1.29 is 4.79 Å². The lowest BCUT2D eigenvalue weighted by atomic mass is 10.1. The highest BCUT2D eigenvalue weighted by molar-refractivity contribution is 5.89. The number of carbonyl (C=O) groups is 1. The van der Waals surface area contributed by atoms with E-state index < -0.39 is 5.54 Å². The fourth-order valence-corrected chi connectivity index (χ4v) is 2.68. The van der Waals surface area contributed by atoms with Crippen LogP contribution in [0.3, 0.4) is 0 Å². The number of rotatable bonds is 5. The summed E-state index contributed by atoms with van der Waals surface area (Å²) in [6.45, 7) is 9.52. The molecule has 2 N–H and O–H groups in total. The van der Waals surface area contributed by atoms with E-state index in [4.69, 9.17) is 5.73 Å². The summed E-state index contributed by atoms with van der Waals surface area (Å²) in [7, 11) is 0. The van der Waals surface area contributed by atoms with Gasteiger partial charge in [-0.25, -0.2) is 0 Å². The maximum absolute atomic E-state index is 12.1. The average Bonchev–Trinajstić information content (AvgIpc) is 2.93. The van der Waals surface area contributed by atoms with Crippen LogP contribution in [0.4, 0.5) is 0 Å². The number of hydrogen-bond donors (Lipinski definition) is 1. The van der Waals surface area contributed by atoms with Gasteiger partial charge < -0.3 is 15.5 Å². The van der Waals surface area contributed by atoms with Gasteiger partial charge in [-0.3, -0.25) is 4.79 Å². The van der Waals surface area contributed by atoms with E-state index >= 15 is 0 Å². The van der Waals surface area contributed by atoms with Crippen LogP contribution in [0.15, 0.2) is 0 Å². The minimum atomic E-state index is -0.482. The number of amides is 1. The summed E-state index contributed by atoms with van der Waals surface area (Å²) < 4.78 is 0. The normalized spacial score (nSPS) is 26.6. The van der Waals surface area contributed by atoms with Gasteiger partial charge in [-0.15, -0.1) is 0 Å². The first-order valence-electron chi connectivity index (χ1n) is 6.89. The van der Waals surface area contributed by atoms with Crippen molar-refractivity contribution in [2.45, 2.75) is 38.6 Å². The van der Waals surface area contributed by atoms with Crippen molar-refractivity contribution in [1.29, 1.82) is 0 Å². The van der Waals surface area contributed by atoms with Crippen LogP contribution in [0.1, 0.15) is 33.1 Å². The average molecular weight is 239 g/mol. The van der Waals surface area contributed by atoms with Gasteiger partial charge in [-0.1, -0.05) is 13.8 Å². The Morgan fingerprint density at radius 1 is 1.41 bits per heavy atom. The van der Waals surface area contributed by atoms with Crippen molar-refractivity contribution in [3.63, 3.8) is 0 Å². The van der Waals surface area contributed by atoms with Crippen LogP contribution < -0.4 is 5.73 Å². The third-order valence-electron chi connectivity index (χ3n) is 4.20. The Kier molecular flexibility index (Phi) is 3.73. The molecule has 0 aromatic carbocycles. The quantitative estimate of drug-likeness (QED) is 0.767. The molecule has 0 aromatic rings. The van der Waals surface area contributed by atoms with Crippen LogP contribution in [0.25, 0.3) is 0 Å². The lowest BCUT2D eigenvalue weighted by Gasteiger charge is -2.23. The highest BCUT2D eigenvalue weighted by Crippen LogP contribution is 2.35. The molecular formula is C13H25N3O. The fourth-order valence-electron chi connectivity index (χ4n) is 2.68. The van der Waals surface area contributed by atoms with Crippen LogP contribution in [-0.2, 0) is 4.79 Å². The van der Waals surface area contributed by atoms with E-state index in [1.54, 1.807) is 0 Å². The minimum absolute atomic E-state index is 0.194. The van der Waals surface area contributed by atoms with Crippen molar-refractivity contribution in [3.8, 4) is 0 Å². The Morgan fingerprint density at radius 2 is 2.06 bits per heavy atom. The predicted octanol–water partition coefficient (Wildman–Crippen LogP) is 0.668. The van der Waals surface area contributed by atoms with Crippen molar-refractivity contribution in [2.75, 3.05) is 32.7 Å². The summed E-state index contributed by atoms with van der Waals surface area (Å²) in [6.07, 6.45) is 2.89. The third-order valence-corrected chi connectivity index (χ3v) is 4.20. The Balaban J connectivity index is 1.81. The van der Waals surface area contributed by atoms with Gasteiger partial charge in [0.2, 0.25) is 5.91 Å². The molecule has 1 aliphatic carbocycles. The van der Waals surface area contributed by atoms with Crippen molar-refractivity contribution in [2.24, 2.45) is 11.7 Å². The summed E-state index contributed by atoms with van der Waals surface area (Å²) >= 11 is 0. The molecule has 1 atom stereocenters. The summed E-state index contributed by atoms with van der Waals surface area (Å²) in [5.41, 5.74) is 5.49. The summed E-state index contributed by atoms with van der Waals surface area (Å²) in [5.74, 6) is 0.834. The maximum atomic E-state index is 12.1. The van der Waals surface area contributed by atoms with Crippen LogP contribution in [0, 0.1) is 5.92 Å². The lowest BCUT2D eigenvalue weighted by molar-refractivity contribution is -0.132. The number of carbonyl (C=O) groups excluding carboxylic acids is 1. The summed E-state index contributed by atoms with van der Waals surface area (Å²) in [5, 5.41) is 0. The van der Waals surface area contributed by atoms with E-state index in [2.05, 4.69) is 18.7 Å².